The van der Waals surface area contributed by atoms with Gasteiger partial charge in [0.1, 0.15) is 11.5 Å². The summed E-state index contributed by atoms with van der Waals surface area (Å²) >= 11 is 0. The number of aryl methyl sites for hydroxylation is 2. The average Bonchev–Trinajstić information content (AvgIpc) is 3.41. The lowest BCUT2D eigenvalue weighted by molar-refractivity contribution is -0.141. The number of rotatable bonds is 4. The molecule has 1 aliphatic rings. The highest BCUT2D eigenvalue weighted by atomic mass is 16.4. The molecule has 1 atom stereocenters. The van der Waals surface area contributed by atoms with E-state index in [1.807, 2.05) is 26.0 Å². The molecule has 0 spiro atoms. The lowest BCUT2D eigenvalue weighted by Gasteiger charge is -2.17. The van der Waals surface area contributed by atoms with Crippen molar-refractivity contribution >= 4 is 17.8 Å². The number of aromatic nitrogens is 2. The molecule has 2 aromatic heterocycles. The highest BCUT2D eigenvalue weighted by Crippen LogP contribution is 2.27. The van der Waals surface area contributed by atoms with Gasteiger partial charge in [0.25, 0.3) is 0 Å². The highest BCUT2D eigenvalue weighted by Gasteiger charge is 2.31. The van der Waals surface area contributed by atoms with Crippen molar-refractivity contribution in [1.82, 2.24) is 14.7 Å². The number of carbonyl (C=O) groups excluding carboxylic acids is 1. The smallest absolute Gasteiger partial charge is 0.323 e. The predicted molar refractivity (Wildman–Crippen MR) is 107 cm³/mol. The summed E-state index contributed by atoms with van der Waals surface area (Å²) < 4.78 is 7.12. The summed E-state index contributed by atoms with van der Waals surface area (Å²) in [4.78, 5) is 25.5. The number of hydrogen-bond acceptors (Lipinski definition) is 4. The number of nitrogens with zero attached hydrogens (tertiary/aromatic N) is 3. The molecule has 1 aliphatic heterocycles. The van der Waals surface area contributed by atoms with Crippen molar-refractivity contribution in [3.63, 3.8) is 0 Å². The van der Waals surface area contributed by atoms with Crippen LogP contribution in [0, 0.1) is 19.8 Å². The van der Waals surface area contributed by atoms with Crippen LogP contribution in [0.5, 0.6) is 0 Å². The van der Waals surface area contributed by atoms with E-state index >= 15 is 0 Å². The van der Waals surface area contributed by atoms with Crippen LogP contribution in [0.15, 0.2) is 47.1 Å². The Hall–Kier alpha value is -3.55. The quantitative estimate of drug-likeness (QED) is 0.703. The largest absolute Gasteiger partial charge is 0.481 e. The Morgan fingerprint density at radius 2 is 1.97 bits per heavy atom. The van der Waals surface area contributed by atoms with E-state index < -0.39 is 11.9 Å². The molecular weight excluding hydrogens is 372 g/mol. The van der Waals surface area contributed by atoms with Gasteiger partial charge in [0.05, 0.1) is 17.9 Å². The normalized spacial score (nSPS) is 16.2. The van der Waals surface area contributed by atoms with Gasteiger partial charge in [-0.2, -0.15) is 5.10 Å². The summed E-state index contributed by atoms with van der Waals surface area (Å²) in [7, 11) is 0. The molecule has 0 aliphatic carbocycles. The molecule has 1 aromatic carbocycles. The SMILES string of the molecule is Cc1cc(C)cc(-n2nc(-c3ccco3)cc2NC(=O)N2CCC(C(=O)O)C2)c1. The van der Waals surface area contributed by atoms with Crippen LogP contribution >= 0.6 is 0 Å². The second-order valence-electron chi connectivity index (χ2n) is 7.35. The van der Waals surface area contributed by atoms with Gasteiger partial charge in [-0.1, -0.05) is 6.07 Å². The standard InChI is InChI=1S/C21H22N4O4/c1-13-8-14(2)10-16(9-13)25-19(11-17(23-25)18-4-3-7-29-18)22-21(28)24-6-5-15(12-24)20(26)27/h3-4,7-11,15H,5-6,12H2,1-2H3,(H,22,28)(H,26,27). The number of nitrogens with one attached hydrogen (secondary N) is 1. The van der Waals surface area contributed by atoms with E-state index in [0.29, 0.717) is 30.2 Å². The van der Waals surface area contributed by atoms with Gasteiger partial charge in [0, 0.05) is 19.2 Å². The van der Waals surface area contributed by atoms with E-state index in [1.54, 1.807) is 29.1 Å². The molecule has 1 saturated heterocycles. The predicted octanol–water partition coefficient (Wildman–Crippen LogP) is 3.69. The Balaban J connectivity index is 1.66. The Labute approximate surface area is 167 Å². The minimum Gasteiger partial charge on any atom is -0.481 e. The molecule has 1 fully saturated rings. The molecule has 0 bridgehead atoms. The zero-order chi connectivity index (χ0) is 20.5. The number of carbonyl (C=O) groups is 2. The molecule has 3 aromatic rings. The topological polar surface area (TPSA) is 101 Å². The Bertz CT molecular complexity index is 1030. The molecule has 2 N–H and O–H groups in total. The molecule has 1 unspecified atom stereocenters. The average molecular weight is 394 g/mol. The molecule has 0 radical (unpaired) electrons. The molecule has 150 valence electrons. The minimum atomic E-state index is -0.874. The van der Waals surface area contributed by atoms with Crippen LogP contribution in [-0.2, 0) is 4.79 Å². The Morgan fingerprint density at radius 1 is 1.21 bits per heavy atom. The summed E-state index contributed by atoms with van der Waals surface area (Å²) in [5.74, 6) is -0.314. The molecular formula is C21H22N4O4. The fourth-order valence-electron chi connectivity index (χ4n) is 3.62. The summed E-state index contributed by atoms with van der Waals surface area (Å²) in [6, 6.07) is 11.0. The van der Waals surface area contributed by atoms with Crippen molar-refractivity contribution < 1.29 is 19.1 Å². The van der Waals surface area contributed by atoms with Gasteiger partial charge in [-0.25, -0.2) is 9.48 Å². The van der Waals surface area contributed by atoms with E-state index in [0.717, 1.165) is 16.8 Å². The van der Waals surface area contributed by atoms with Crippen molar-refractivity contribution in [2.45, 2.75) is 20.3 Å². The van der Waals surface area contributed by atoms with Crippen LogP contribution in [0.2, 0.25) is 0 Å². The van der Waals surface area contributed by atoms with Crippen LogP contribution in [0.3, 0.4) is 0 Å². The molecule has 3 heterocycles. The van der Waals surface area contributed by atoms with E-state index in [2.05, 4.69) is 16.5 Å². The van der Waals surface area contributed by atoms with Gasteiger partial charge >= 0.3 is 12.0 Å². The Morgan fingerprint density at radius 3 is 2.59 bits per heavy atom. The fraction of sp³-hybridized carbons (Fsp3) is 0.286. The van der Waals surface area contributed by atoms with Crippen molar-refractivity contribution in [3.05, 3.63) is 53.8 Å². The molecule has 8 nitrogen and oxygen atoms in total. The minimum absolute atomic E-state index is 0.198. The third-order valence-electron chi connectivity index (χ3n) is 4.99. The third-order valence-corrected chi connectivity index (χ3v) is 4.99. The number of carboxylic acid groups (broad SMARTS) is 1. The summed E-state index contributed by atoms with van der Waals surface area (Å²) in [6.07, 6.45) is 2.02. The van der Waals surface area contributed by atoms with Crippen molar-refractivity contribution in [2.24, 2.45) is 5.92 Å². The second kappa shape index (κ2) is 7.46. The summed E-state index contributed by atoms with van der Waals surface area (Å²) in [6.45, 7) is 4.61. The number of amides is 2. The first-order valence-corrected chi connectivity index (χ1v) is 9.42. The molecule has 2 amide bonds. The number of benzene rings is 1. The van der Waals surface area contributed by atoms with E-state index in [1.165, 1.54) is 4.90 Å². The Kier molecular flexibility index (Phi) is 4.84. The number of aliphatic carboxylic acids is 1. The van der Waals surface area contributed by atoms with Crippen molar-refractivity contribution in [2.75, 3.05) is 18.4 Å². The maximum atomic E-state index is 12.8. The zero-order valence-corrected chi connectivity index (χ0v) is 16.3. The van der Waals surface area contributed by atoms with Crippen LogP contribution < -0.4 is 5.32 Å². The van der Waals surface area contributed by atoms with E-state index in [9.17, 15) is 14.7 Å². The highest BCUT2D eigenvalue weighted by molar-refractivity contribution is 5.90. The number of urea groups is 1. The van der Waals surface area contributed by atoms with Crippen LogP contribution in [0.4, 0.5) is 10.6 Å². The van der Waals surface area contributed by atoms with E-state index in [-0.39, 0.29) is 12.6 Å². The van der Waals surface area contributed by atoms with Gasteiger partial charge in [0.2, 0.25) is 0 Å². The van der Waals surface area contributed by atoms with Crippen LogP contribution in [0.25, 0.3) is 17.1 Å². The van der Waals surface area contributed by atoms with Gasteiger partial charge in [0.15, 0.2) is 5.76 Å². The fourth-order valence-corrected chi connectivity index (χ4v) is 3.62. The first-order valence-electron chi connectivity index (χ1n) is 9.42. The first kappa shape index (κ1) is 18.8. The maximum Gasteiger partial charge on any atom is 0.323 e. The van der Waals surface area contributed by atoms with Crippen molar-refractivity contribution in [1.29, 1.82) is 0 Å². The molecule has 8 heteroatoms. The third kappa shape index (κ3) is 3.87. The van der Waals surface area contributed by atoms with Gasteiger partial charge < -0.3 is 14.4 Å². The monoisotopic (exact) mass is 394 g/mol. The lowest BCUT2D eigenvalue weighted by atomic mass is 10.1. The summed E-state index contributed by atoms with van der Waals surface area (Å²) in [5, 5.41) is 16.7. The van der Waals surface area contributed by atoms with E-state index in [4.69, 9.17) is 4.42 Å². The number of furan rings is 1. The van der Waals surface area contributed by atoms with Gasteiger partial charge in [-0.05, 0) is 55.7 Å². The first-order chi connectivity index (χ1) is 13.9. The van der Waals surface area contributed by atoms with Crippen LogP contribution in [-0.4, -0.2) is 44.9 Å². The lowest BCUT2D eigenvalue weighted by Crippen LogP contribution is -2.34. The number of anilines is 1. The zero-order valence-electron chi connectivity index (χ0n) is 16.3. The second-order valence-corrected chi connectivity index (χ2v) is 7.35. The molecule has 29 heavy (non-hydrogen) atoms. The number of hydrogen-bond donors (Lipinski definition) is 2. The molecule has 0 saturated carbocycles. The van der Waals surface area contributed by atoms with Gasteiger partial charge in [-0.15, -0.1) is 0 Å². The van der Waals surface area contributed by atoms with Crippen LogP contribution in [0.1, 0.15) is 17.5 Å². The van der Waals surface area contributed by atoms with Crippen molar-refractivity contribution in [3.8, 4) is 17.1 Å². The van der Waals surface area contributed by atoms with Gasteiger partial charge in [-0.3, -0.25) is 10.1 Å². The number of carboxylic acids is 1. The summed E-state index contributed by atoms with van der Waals surface area (Å²) in [5.41, 5.74) is 3.57. The maximum absolute atomic E-state index is 12.8. The molecule has 4 rings (SSSR count). The number of likely N-dealkylation sites (tertiary alicyclic amines) is 1.